The molecule has 2 N–H and O–H groups in total. The van der Waals surface area contributed by atoms with Crippen LogP contribution in [0.4, 0.5) is 26.5 Å². The highest BCUT2D eigenvalue weighted by molar-refractivity contribution is 6.14. The lowest BCUT2D eigenvalue weighted by molar-refractivity contribution is 0.00566. The molecule has 0 radical (unpaired) electrons. The quantitative estimate of drug-likeness (QED) is 0.295. The molecule has 244 valence electrons. The van der Waals surface area contributed by atoms with E-state index in [-0.39, 0.29) is 23.7 Å². The van der Waals surface area contributed by atoms with Gasteiger partial charge in [-0.25, -0.2) is 19.2 Å². The SMILES string of the molecule is C[C@@H]1CN(c2ccc(C(=O)Nc3cc(F)c4nn(C)cc4c3)c3nc(NCC4CCOC4)ncc23)C[C@H](C)N1C(=O)OC(C)(C)C. The van der Waals surface area contributed by atoms with Gasteiger partial charge < -0.3 is 25.0 Å². The van der Waals surface area contributed by atoms with Crippen molar-refractivity contribution in [3.05, 3.63) is 48.0 Å². The topological polar surface area (TPSA) is 127 Å². The van der Waals surface area contributed by atoms with Gasteiger partial charge in [0.1, 0.15) is 11.1 Å². The Kier molecular flexibility index (Phi) is 8.45. The van der Waals surface area contributed by atoms with E-state index in [1.165, 1.54) is 10.7 Å². The van der Waals surface area contributed by atoms with E-state index in [2.05, 4.69) is 25.6 Å². The van der Waals surface area contributed by atoms with Crippen molar-refractivity contribution < 1.29 is 23.5 Å². The summed E-state index contributed by atoms with van der Waals surface area (Å²) in [6.07, 6.45) is 4.06. The summed E-state index contributed by atoms with van der Waals surface area (Å²) in [5.74, 6) is -0.184. The summed E-state index contributed by atoms with van der Waals surface area (Å²) < 4.78 is 27.5. The highest BCUT2D eigenvalue weighted by Gasteiger charge is 2.36. The fraction of sp³-hybridized carbons (Fsp3) is 0.485. The van der Waals surface area contributed by atoms with Crippen LogP contribution in [-0.2, 0) is 16.5 Å². The number of nitrogens with zero attached hydrogens (tertiary/aromatic N) is 6. The molecule has 2 aliphatic rings. The Labute approximate surface area is 267 Å². The van der Waals surface area contributed by atoms with Crippen molar-refractivity contribution in [2.45, 2.75) is 58.7 Å². The number of fused-ring (bicyclic) bond motifs is 2. The number of carbonyl (C=O) groups excluding carboxylic acids is 2. The van der Waals surface area contributed by atoms with E-state index in [4.69, 9.17) is 14.5 Å². The van der Waals surface area contributed by atoms with Crippen molar-refractivity contribution in [2.75, 3.05) is 48.4 Å². The van der Waals surface area contributed by atoms with Gasteiger partial charge in [-0.05, 0) is 65.3 Å². The van der Waals surface area contributed by atoms with Crippen LogP contribution in [-0.4, -0.2) is 87.2 Å². The first-order valence-corrected chi connectivity index (χ1v) is 15.7. The first-order valence-electron chi connectivity index (χ1n) is 15.7. The molecule has 2 aromatic carbocycles. The average molecular weight is 633 g/mol. The zero-order valence-electron chi connectivity index (χ0n) is 27.1. The van der Waals surface area contributed by atoms with Crippen LogP contribution in [0.1, 0.15) is 51.4 Å². The van der Waals surface area contributed by atoms with Gasteiger partial charge in [0, 0.05) is 73.7 Å². The molecule has 2 saturated heterocycles. The molecule has 0 bridgehead atoms. The number of ether oxygens (including phenoxy) is 2. The zero-order chi connectivity index (χ0) is 32.7. The summed E-state index contributed by atoms with van der Waals surface area (Å²) in [5, 5.41) is 11.6. The number of hydrogen-bond acceptors (Lipinski definition) is 9. The number of amides is 2. The molecule has 0 saturated carbocycles. The molecular formula is C33H41FN8O4. The number of aromatic nitrogens is 4. The zero-order valence-corrected chi connectivity index (χ0v) is 27.1. The first-order chi connectivity index (χ1) is 21.9. The molecule has 2 amide bonds. The molecule has 0 spiro atoms. The fourth-order valence-corrected chi connectivity index (χ4v) is 6.31. The molecule has 0 aliphatic carbocycles. The molecule has 12 nitrogen and oxygen atoms in total. The second kappa shape index (κ2) is 12.3. The van der Waals surface area contributed by atoms with Gasteiger partial charge in [0.05, 0.1) is 29.8 Å². The monoisotopic (exact) mass is 632 g/mol. The molecular weight excluding hydrogens is 591 g/mol. The summed E-state index contributed by atoms with van der Waals surface area (Å²) in [7, 11) is 1.72. The Balaban J connectivity index is 1.32. The van der Waals surface area contributed by atoms with Crippen LogP contribution >= 0.6 is 0 Å². The number of halogens is 1. The third-order valence-corrected chi connectivity index (χ3v) is 8.34. The lowest BCUT2D eigenvalue weighted by Crippen LogP contribution is -2.59. The van der Waals surface area contributed by atoms with Gasteiger partial charge in [-0.2, -0.15) is 5.10 Å². The minimum absolute atomic E-state index is 0.135. The van der Waals surface area contributed by atoms with E-state index in [0.29, 0.717) is 65.6 Å². The van der Waals surface area contributed by atoms with Crippen molar-refractivity contribution in [3.8, 4) is 0 Å². The van der Waals surface area contributed by atoms with Gasteiger partial charge in [-0.15, -0.1) is 0 Å². The van der Waals surface area contributed by atoms with Gasteiger partial charge in [0.15, 0.2) is 5.82 Å². The standard InChI is InChI=1S/C33H41FN8O4/c1-19-15-41(16-20(2)42(19)32(44)46-33(3,4)5)27-8-7-24(29-25(27)14-36-31(38-29)35-13-21-9-10-45-18-21)30(43)37-23-11-22-17-40(6)39-28(22)26(34)12-23/h7-8,11-12,14,17,19-21H,9-10,13,15-16,18H2,1-6H3,(H,37,43)(H,35,36,38)/t19-,20+,21?. The van der Waals surface area contributed by atoms with Crippen LogP contribution in [0.5, 0.6) is 0 Å². The molecule has 6 rings (SSSR count). The normalized spacial score (nSPS) is 20.4. The van der Waals surface area contributed by atoms with E-state index >= 15 is 0 Å². The maximum Gasteiger partial charge on any atom is 0.410 e. The minimum atomic E-state index is -0.594. The molecule has 2 aromatic heterocycles. The van der Waals surface area contributed by atoms with Crippen molar-refractivity contribution in [3.63, 3.8) is 0 Å². The molecule has 13 heteroatoms. The predicted molar refractivity (Wildman–Crippen MR) is 175 cm³/mol. The number of carbonyl (C=O) groups is 2. The molecule has 1 unspecified atom stereocenters. The summed E-state index contributed by atoms with van der Waals surface area (Å²) in [6, 6.07) is 6.31. The van der Waals surface area contributed by atoms with Crippen LogP contribution in [0.3, 0.4) is 0 Å². The van der Waals surface area contributed by atoms with E-state index in [1.54, 1.807) is 36.5 Å². The number of piperazine rings is 1. The fourth-order valence-electron chi connectivity index (χ4n) is 6.31. The van der Waals surface area contributed by atoms with E-state index in [9.17, 15) is 14.0 Å². The number of rotatable bonds is 6. The smallest absolute Gasteiger partial charge is 0.410 e. The van der Waals surface area contributed by atoms with Crippen LogP contribution in [0.15, 0.2) is 36.7 Å². The van der Waals surface area contributed by atoms with Crippen LogP contribution in [0.2, 0.25) is 0 Å². The molecule has 46 heavy (non-hydrogen) atoms. The highest BCUT2D eigenvalue weighted by atomic mass is 19.1. The van der Waals surface area contributed by atoms with E-state index in [0.717, 1.165) is 18.7 Å². The third-order valence-electron chi connectivity index (χ3n) is 8.34. The van der Waals surface area contributed by atoms with Gasteiger partial charge in [0.2, 0.25) is 5.95 Å². The number of nitrogens with one attached hydrogen (secondary N) is 2. The minimum Gasteiger partial charge on any atom is -0.444 e. The van der Waals surface area contributed by atoms with Gasteiger partial charge in [-0.1, -0.05) is 0 Å². The summed E-state index contributed by atoms with van der Waals surface area (Å²) in [6.45, 7) is 12.8. The summed E-state index contributed by atoms with van der Waals surface area (Å²) in [4.78, 5) is 40.2. The Hall–Kier alpha value is -4.52. The Morgan fingerprint density at radius 2 is 1.89 bits per heavy atom. The summed E-state index contributed by atoms with van der Waals surface area (Å²) in [5.41, 5.74) is 1.61. The molecule has 4 aromatic rings. The molecule has 4 heterocycles. The molecule has 3 atom stereocenters. The predicted octanol–water partition coefficient (Wildman–Crippen LogP) is 5.19. The highest BCUT2D eigenvalue weighted by Crippen LogP contribution is 2.33. The maximum absolute atomic E-state index is 14.8. The van der Waals surface area contributed by atoms with Crippen molar-refractivity contribution >= 4 is 51.1 Å². The Morgan fingerprint density at radius 1 is 1.13 bits per heavy atom. The Bertz CT molecular complexity index is 1770. The van der Waals surface area contributed by atoms with Gasteiger partial charge >= 0.3 is 6.09 Å². The van der Waals surface area contributed by atoms with Crippen LogP contribution in [0.25, 0.3) is 21.8 Å². The van der Waals surface area contributed by atoms with Gasteiger partial charge in [-0.3, -0.25) is 14.4 Å². The average Bonchev–Trinajstić information content (AvgIpc) is 3.63. The maximum atomic E-state index is 14.8. The van der Waals surface area contributed by atoms with Crippen molar-refractivity contribution in [1.82, 2.24) is 24.6 Å². The number of hydrogen-bond donors (Lipinski definition) is 2. The largest absolute Gasteiger partial charge is 0.444 e. The first kappa shape index (κ1) is 31.5. The number of benzene rings is 2. The van der Waals surface area contributed by atoms with Crippen molar-refractivity contribution in [1.29, 1.82) is 0 Å². The lowest BCUT2D eigenvalue weighted by atomic mass is 10.0. The lowest BCUT2D eigenvalue weighted by Gasteiger charge is -2.45. The second-order valence-corrected chi connectivity index (χ2v) is 13.3. The van der Waals surface area contributed by atoms with E-state index in [1.807, 2.05) is 40.7 Å². The van der Waals surface area contributed by atoms with Crippen molar-refractivity contribution in [2.24, 2.45) is 13.0 Å². The van der Waals surface area contributed by atoms with Crippen LogP contribution < -0.4 is 15.5 Å². The molecule has 2 aliphatic heterocycles. The number of anilines is 3. The second-order valence-electron chi connectivity index (χ2n) is 13.3. The summed E-state index contributed by atoms with van der Waals surface area (Å²) >= 11 is 0. The molecule has 2 fully saturated rings. The third kappa shape index (κ3) is 6.55. The Morgan fingerprint density at radius 3 is 2.59 bits per heavy atom. The van der Waals surface area contributed by atoms with Crippen LogP contribution in [0, 0.1) is 11.7 Å². The van der Waals surface area contributed by atoms with E-state index < -0.39 is 17.3 Å². The number of aryl methyl sites for hydroxylation is 1. The van der Waals surface area contributed by atoms with Gasteiger partial charge in [0.25, 0.3) is 5.91 Å².